The Morgan fingerprint density at radius 2 is 1.56 bits per heavy atom. The molecular formula is C22H18F6N6O4S. The van der Waals surface area contributed by atoms with Gasteiger partial charge >= 0.3 is 12.4 Å². The third-order valence-corrected chi connectivity index (χ3v) is 7.45. The van der Waals surface area contributed by atoms with Crippen LogP contribution in [0.15, 0.2) is 42.9 Å². The quantitative estimate of drug-likeness (QED) is 0.431. The van der Waals surface area contributed by atoms with Gasteiger partial charge in [-0.3, -0.25) is 9.59 Å². The first-order valence-electron chi connectivity index (χ1n) is 11.0. The van der Waals surface area contributed by atoms with Crippen LogP contribution < -0.4 is 10.6 Å². The maximum atomic E-state index is 13.1. The zero-order valence-electron chi connectivity index (χ0n) is 19.7. The van der Waals surface area contributed by atoms with Gasteiger partial charge < -0.3 is 10.6 Å². The normalized spacial score (nSPS) is 16.3. The van der Waals surface area contributed by atoms with Gasteiger partial charge in [-0.05, 0) is 37.3 Å². The van der Waals surface area contributed by atoms with Crippen molar-refractivity contribution in [2.75, 3.05) is 11.5 Å². The number of carbonyl (C=O) groups is 2. The second-order valence-corrected chi connectivity index (χ2v) is 10.8. The van der Waals surface area contributed by atoms with Gasteiger partial charge in [-0.2, -0.15) is 36.1 Å². The Balaban J connectivity index is 1.50. The van der Waals surface area contributed by atoms with E-state index in [1.165, 1.54) is 25.3 Å². The summed E-state index contributed by atoms with van der Waals surface area (Å²) < 4.78 is 102. The van der Waals surface area contributed by atoms with Crippen molar-refractivity contribution in [3.63, 3.8) is 0 Å². The van der Waals surface area contributed by atoms with Gasteiger partial charge in [-0.25, -0.2) is 18.4 Å². The summed E-state index contributed by atoms with van der Waals surface area (Å²) in [5.74, 6) is -1.91. The second-order valence-electron chi connectivity index (χ2n) is 8.67. The smallest absolute Gasteiger partial charge is 0.347 e. The molecule has 208 valence electrons. The number of nitrogens with zero attached hydrogens (tertiary/aromatic N) is 4. The van der Waals surface area contributed by atoms with Gasteiger partial charge in [0.15, 0.2) is 21.5 Å². The fraction of sp³-hybridized carbons (Fsp3) is 0.318. The fourth-order valence-electron chi connectivity index (χ4n) is 3.71. The largest absolute Gasteiger partial charge is 0.416 e. The Morgan fingerprint density at radius 1 is 0.949 bits per heavy atom. The minimum absolute atomic E-state index is 0.0377. The Hall–Kier alpha value is -4.02. The zero-order chi connectivity index (χ0) is 28.8. The number of rotatable bonds is 6. The first kappa shape index (κ1) is 28.0. The third kappa shape index (κ3) is 6.35. The minimum Gasteiger partial charge on any atom is -0.347 e. The summed E-state index contributed by atoms with van der Waals surface area (Å²) in [5.41, 5.74) is -4.00. The second kappa shape index (κ2) is 9.94. The molecular weight excluding hydrogens is 558 g/mol. The summed E-state index contributed by atoms with van der Waals surface area (Å²) in [6.07, 6.45) is -7.96. The lowest BCUT2D eigenvalue weighted by molar-refractivity contribution is -0.143. The number of hydrogen-bond acceptors (Lipinski definition) is 7. The summed E-state index contributed by atoms with van der Waals surface area (Å²) >= 11 is 0. The number of sulfone groups is 1. The molecule has 4 rings (SSSR count). The monoisotopic (exact) mass is 576 g/mol. The molecule has 1 aromatic carbocycles. The molecule has 1 fully saturated rings. The average molecular weight is 576 g/mol. The predicted molar refractivity (Wildman–Crippen MR) is 121 cm³/mol. The molecule has 3 aromatic rings. The third-order valence-electron chi connectivity index (χ3n) is 5.63. The van der Waals surface area contributed by atoms with Crippen LogP contribution in [0, 0.1) is 0 Å². The highest BCUT2D eigenvalue weighted by atomic mass is 32.2. The van der Waals surface area contributed by atoms with Crippen LogP contribution in [0.1, 0.15) is 50.6 Å². The van der Waals surface area contributed by atoms with Crippen molar-refractivity contribution in [2.45, 2.75) is 31.4 Å². The first-order valence-corrected chi connectivity index (χ1v) is 12.8. The number of hydrogen-bond donors (Lipinski definition) is 2. The van der Waals surface area contributed by atoms with E-state index in [1.807, 2.05) is 0 Å². The van der Waals surface area contributed by atoms with Gasteiger partial charge in [0, 0.05) is 11.8 Å². The Bertz CT molecular complexity index is 1470. The van der Waals surface area contributed by atoms with E-state index in [4.69, 9.17) is 0 Å². The Morgan fingerprint density at radius 3 is 2.08 bits per heavy atom. The molecule has 1 atom stereocenters. The fourth-order valence-corrected chi connectivity index (χ4v) is 5.01. The molecule has 1 aliphatic rings. The van der Waals surface area contributed by atoms with Crippen LogP contribution in [0.25, 0.3) is 5.82 Å². The zero-order valence-corrected chi connectivity index (χ0v) is 20.5. The highest BCUT2D eigenvalue weighted by Gasteiger charge is 2.38. The SMILES string of the molecule is C[C@H](NC(=O)c1cc(C(F)(F)F)cc(C(F)(F)F)c1)c1ncnn1-c1ccc(C(=O)NC2CS(=O)(=O)C2)cn1. The number of halogens is 6. The van der Waals surface area contributed by atoms with E-state index < -0.39 is 62.8 Å². The number of aromatic nitrogens is 4. The van der Waals surface area contributed by atoms with Crippen LogP contribution in [0.4, 0.5) is 26.3 Å². The number of carbonyl (C=O) groups excluding carboxylic acids is 2. The minimum atomic E-state index is -5.12. The van der Waals surface area contributed by atoms with Crippen LogP contribution in [0.3, 0.4) is 0 Å². The Labute approximate surface area is 216 Å². The lowest BCUT2D eigenvalue weighted by atomic mass is 10.0. The number of pyridine rings is 1. The molecule has 0 unspecified atom stereocenters. The Kier molecular flexibility index (Phi) is 7.14. The molecule has 0 spiro atoms. The van der Waals surface area contributed by atoms with E-state index in [1.54, 1.807) is 0 Å². The topological polar surface area (TPSA) is 136 Å². The van der Waals surface area contributed by atoms with Crippen LogP contribution in [-0.2, 0) is 22.2 Å². The van der Waals surface area contributed by atoms with Crippen molar-refractivity contribution in [1.29, 1.82) is 0 Å². The van der Waals surface area contributed by atoms with E-state index in [-0.39, 0.29) is 34.8 Å². The van der Waals surface area contributed by atoms with Crippen molar-refractivity contribution in [3.05, 3.63) is 70.9 Å². The molecule has 2 amide bonds. The van der Waals surface area contributed by atoms with E-state index in [0.717, 1.165) is 11.0 Å². The van der Waals surface area contributed by atoms with E-state index in [9.17, 15) is 44.3 Å². The molecule has 1 aliphatic heterocycles. The molecule has 0 saturated carbocycles. The standard InChI is InChI=1S/C22H18F6N6O4S/c1-11(32-20(36)13-4-14(21(23,24)25)6-15(5-13)22(26,27)28)18-30-10-31-34(18)17-3-2-12(7-29-17)19(35)33-16-8-39(37,38)9-16/h2-7,10-11,16H,8-9H2,1H3,(H,32,36)(H,33,35)/t11-/m0/s1. The maximum absolute atomic E-state index is 13.1. The van der Waals surface area contributed by atoms with Crippen LogP contribution in [0.5, 0.6) is 0 Å². The molecule has 3 heterocycles. The average Bonchev–Trinajstić information content (AvgIpc) is 3.32. The van der Waals surface area contributed by atoms with Gasteiger partial charge in [-0.1, -0.05) is 0 Å². The van der Waals surface area contributed by atoms with Crippen molar-refractivity contribution >= 4 is 21.7 Å². The van der Waals surface area contributed by atoms with Gasteiger partial charge in [0.25, 0.3) is 11.8 Å². The number of nitrogens with one attached hydrogen (secondary N) is 2. The molecule has 1 saturated heterocycles. The predicted octanol–water partition coefficient (Wildman–Crippen LogP) is 2.72. The summed E-state index contributed by atoms with van der Waals surface area (Å²) in [4.78, 5) is 33.0. The van der Waals surface area contributed by atoms with Crippen molar-refractivity contribution in [1.82, 2.24) is 30.4 Å². The van der Waals surface area contributed by atoms with Crippen molar-refractivity contribution < 1.29 is 44.3 Å². The lowest BCUT2D eigenvalue weighted by Gasteiger charge is -2.26. The highest BCUT2D eigenvalue weighted by Crippen LogP contribution is 2.36. The lowest BCUT2D eigenvalue weighted by Crippen LogP contribution is -2.52. The molecule has 39 heavy (non-hydrogen) atoms. The van der Waals surface area contributed by atoms with Gasteiger partial charge in [0.2, 0.25) is 0 Å². The first-order chi connectivity index (χ1) is 18.0. The molecule has 2 aromatic heterocycles. The van der Waals surface area contributed by atoms with E-state index in [0.29, 0.717) is 12.1 Å². The maximum Gasteiger partial charge on any atom is 0.416 e. The van der Waals surface area contributed by atoms with Crippen LogP contribution in [-0.4, -0.2) is 57.5 Å². The summed E-state index contributed by atoms with van der Waals surface area (Å²) in [7, 11) is -3.13. The van der Waals surface area contributed by atoms with Crippen molar-refractivity contribution in [2.24, 2.45) is 0 Å². The van der Waals surface area contributed by atoms with E-state index >= 15 is 0 Å². The van der Waals surface area contributed by atoms with Crippen LogP contribution in [0.2, 0.25) is 0 Å². The van der Waals surface area contributed by atoms with Gasteiger partial charge in [0.1, 0.15) is 6.33 Å². The molecule has 0 bridgehead atoms. The molecule has 0 radical (unpaired) electrons. The van der Waals surface area contributed by atoms with Crippen LogP contribution >= 0.6 is 0 Å². The van der Waals surface area contributed by atoms with Gasteiger partial charge in [-0.15, -0.1) is 0 Å². The summed E-state index contributed by atoms with van der Waals surface area (Å²) in [5, 5.41) is 8.82. The summed E-state index contributed by atoms with van der Waals surface area (Å²) in [6.45, 7) is 1.38. The number of alkyl halides is 6. The highest BCUT2D eigenvalue weighted by molar-refractivity contribution is 7.92. The van der Waals surface area contributed by atoms with Gasteiger partial charge in [0.05, 0.1) is 40.3 Å². The molecule has 17 heteroatoms. The van der Waals surface area contributed by atoms with E-state index in [2.05, 4.69) is 25.7 Å². The number of benzene rings is 1. The number of amides is 2. The molecule has 10 nitrogen and oxygen atoms in total. The molecule has 2 N–H and O–H groups in total. The van der Waals surface area contributed by atoms with Crippen molar-refractivity contribution in [3.8, 4) is 5.82 Å². The summed E-state index contributed by atoms with van der Waals surface area (Å²) in [6, 6.07) is 1.74. The molecule has 0 aliphatic carbocycles.